The zero-order valence-corrected chi connectivity index (χ0v) is 12.0. The molecule has 2 heterocycles. The first kappa shape index (κ1) is 14.9. The number of alkyl halides is 3. The highest BCUT2D eigenvalue weighted by atomic mass is 19.4. The summed E-state index contributed by atoms with van der Waals surface area (Å²) in [5.74, 6) is -0.912. The van der Waals surface area contributed by atoms with Gasteiger partial charge >= 0.3 is 6.18 Å². The maximum atomic E-state index is 13.3. The van der Waals surface area contributed by atoms with Crippen molar-refractivity contribution in [3.05, 3.63) is 34.4 Å². The van der Waals surface area contributed by atoms with Gasteiger partial charge in [-0.05, 0) is 30.5 Å². The van der Waals surface area contributed by atoms with Crippen LogP contribution in [0.1, 0.15) is 44.7 Å². The molecule has 2 aliphatic heterocycles. The molecule has 0 saturated carbocycles. The Labute approximate surface area is 125 Å². The number of nitrogens with zero attached hydrogens (tertiary/aromatic N) is 2. The molecule has 3 rings (SSSR count). The van der Waals surface area contributed by atoms with Gasteiger partial charge in [-0.15, -0.1) is 0 Å². The molecule has 2 aliphatic rings. The molecule has 0 bridgehead atoms. The summed E-state index contributed by atoms with van der Waals surface area (Å²) in [5.41, 5.74) is -1.00. The summed E-state index contributed by atoms with van der Waals surface area (Å²) in [4.78, 5) is 27.1. The van der Waals surface area contributed by atoms with E-state index < -0.39 is 23.6 Å². The fraction of sp³-hybridized carbons (Fsp3) is 0.467. The molecule has 1 aromatic carbocycles. The van der Waals surface area contributed by atoms with Crippen molar-refractivity contribution in [1.82, 2.24) is 9.80 Å². The van der Waals surface area contributed by atoms with Crippen LogP contribution in [0.25, 0.3) is 0 Å². The Morgan fingerprint density at radius 3 is 2.41 bits per heavy atom. The fourth-order valence-corrected chi connectivity index (χ4v) is 3.03. The molecule has 0 unspecified atom stereocenters. The van der Waals surface area contributed by atoms with Gasteiger partial charge in [-0.1, -0.05) is 0 Å². The average Bonchev–Trinajstić information content (AvgIpc) is 3.06. The Hall–Kier alpha value is -2.05. The zero-order chi connectivity index (χ0) is 16.1. The van der Waals surface area contributed by atoms with Crippen molar-refractivity contribution in [1.29, 1.82) is 0 Å². The number of halogens is 3. The summed E-state index contributed by atoms with van der Waals surface area (Å²) in [6.07, 6.45) is -2.88. The molecule has 0 spiro atoms. The van der Waals surface area contributed by atoms with Gasteiger partial charge in [0.25, 0.3) is 11.8 Å². The molecular formula is C15H15F3N2O2. The predicted octanol–water partition coefficient (Wildman–Crippen LogP) is 2.53. The molecular weight excluding hydrogens is 297 g/mol. The van der Waals surface area contributed by atoms with E-state index in [1.807, 2.05) is 0 Å². The molecule has 0 aromatic heterocycles. The number of hydrogen-bond acceptors (Lipinski definition) is 2. The van der Waals surface area contributed by atoms with E-state index in [0.717, 1.165) is 18.9 Å². The highest BCUT2D eigenvalue weighted by Gasteiger charge is 2.40. The molecule has 0 N–H and O–H groups in total. The summed E-state index contributed by atoms with van der Waals surface area (Å²) in [6.45, 7) is 1.01. The Morgan fingerprint density at radius 2 is 1.82 bits per heavy atom. The number of likely N-dealkylation sites (tertiary alicyclic amines) is 1. The van der Waals surface area contributed by atoms with Gasteiger partial charge < -0.3 is 9.80 Å². The third-order valence-corrected chi connectivity index (χ3v) is 4.17. The molecule has 0 radical (unpaired) electrons. The average molecular weight is 312 g/mol. The van der Waals surface area contributed by atoms with Crippen LogP contribution in [0.3, 0.4) is 0 Å². The van der Waals surface area contributed by atoms with Crippen LogP contribution in [0.4, 0.5) is 13.2 Å². The summed E-state index contributed by atoms with van der Waals surface area (Å²) in [6, 6.07) is 2.18. The highest BCUT2D eigenvalue weighted by molar-refractivity contribution is 6.02. The quantitative estimate of drug-likeness (QED) is 0.799. The molecule has 22 heavy (non-hydrogen) atoms. The second-order valence-electron chi connectivity index (χ2n) is 5.71. The van der Waals surface area contributed by atoms with Gasteiger partial charge in [-0.2, -0.15) is 13.2 Å². The van der Waals surface area contributed by atoms with E-state index in [2.05, 4.69) is 0 Å². The molecule has 7 heteroatoms. The van der Waals surface area contributed by atoms with Gasteiger partial charge in [0, 0.05) is 37.8 Å². The van der Waals surface area contributed by atoms with Crippen LogP contribution in [0.5, 0.6) is 0 Å². The van der Waals surface area contributed by atoms with Crippen LogP contribution < -0.4 is 0 Å². The Balaban J connectivity index is 2.10. The number of benzene rings is 1. The van der Waals surface area contributed by atoms with E-state index in [1.165, 1.54) is 22.9 Å². The summed E-state index contributed by atoms with van der Waals surface area (Å²) in [7, 11) is 1.45. The molecule has 1 fully saturated rings. The second-order valence-corrected chi connectivity index (χ2v) is 5.71. The SMILES string of the molecule is CN1Cc2c(cc(C(=O)N3CCCC3)cc2C(F)(F)F)C1=O. The third kappa shape index (κ3) is 2.34. The van der Waals surface area contributed by atoms with E-state index >= 15 is 0 Å². The molecule has 118 valence electrons. The van der Waals surface area contributed by atoms with Gasteiger partial charge in [0.05, 0.1) is 5.56 Å². The Kier molecular flexibility index (Phi) is 3.38. The lowest BCUT2D eigenvalue weighted by molar-refractivity contribution is -0.138. The molecule has 0 atom stereocenters. The summed E-state index contributed by atoms with van der Waals surface area (Å²) < 4.78 is 39.8. The first-order chi connectivity index (χ1) is 10.3. The predicted molar refractivity (Wildman–Crippen MR) is 72.4 cm³/mol. The summed E-state index contributed by atoms with van der Waals surface area (Å²) in [5, 5.41) is 0. The van der Waals surface area contributed by atoms with Crippen LogP contribution in [0, 0.1) is 0 Å². The molecule has 0 aliphatic carbocycles. The lowest BCUT2D eigenvalue weighted by Crippen LogP contribution is -2.28. The summed E-state index contributed by atoms with van der Waals surface area (Å²) >= 11 is 0. The monoisotopic (exact) mass is 312 g/mol. The largest absolute Gasteiger partial charge is 0.416 e. The number of carbonyl (C=O) groups is 2. The number of amides is 2. The van der Waals surface area contributed by atoms with E-state index in [4.69, 9.17) is 0 Å². The molecule has 1 saturated heterocycles. The van der Waals surface area contributed by atoms with Crippen LogP contribution in [-0.4, -0.2) is 41.8 Å². The molecule has 4 nitrogen and oxygen atoms in total. The topological polar surface area (TPSA) is 40.6 Å². The molecule has 1 aromatic rings. The van der Waals surface area contributed by atoms with Crippen molar-refractivity contribution in [2.45, 2.75) is 25.6 Å². The van der Waals surface area contributed by atoms with Crippen molar-refractivity contribution >= 4 is 11.8 Å². The van der Waals surface area contributed by atoms with Crippen LogP contribution in [0.15, 0.2) is 12.1 Å². The highest BCUT2D eigenvalue weighted by Crippen LogP contribution is 2.38. The fourth-order valence-electron chi connectivity index (χ4n) is 3.03. The van der Waals surface area contributed by atoms with Gasteiger partial charge in [-0.3, -0.25) is 9.59 Å². The minimum Gasteiger partial charge on any atom is -0.339 e. The van der Waals surface area contributed by atoms with Gasteiger partial charge in [-0.25, -0.2) is 0 Å². The van der Waals surface area contributed by atoms with Gasteiger partial charge in [0.2, 0.25) is 0 Å². The lowest BCUT2D eigenvalue weighted by atomic mass is 9.98. The maximum absolute atomic E-state index is 13.3. The Morgan fingerprint density at radius 1 is 1.18 bits per heavy atom. The van der Waals surface area contributed by atoms with E-state index in [0.29, 0.717) is 13.1 Å². The van der Waals surface area contributed by atoms with E-state index in [-0.39, 0.29) is 23.2 Å². The first-order valence-electron chi connectivity index (χ1n) is 7.08. The maximum Gasteiger partial charge on any atom is 0.416 e. The number of rotatable bonds is 1. The van der Waals surface area contributed by atoms with Crippen LogP contribution in [-0.2, 0) is 12.7 Å². The van der Waals surface area contributed by atoms with Crippen molar-refractivity contribution < 1.29 is 22.8 Å². The lowest BCUT2D eigenvalue weighted by Gasteiger charge is -2.18. The number of fused-ring (bicyclic) bond motifs is 1. The van der Waals surface area contributed by atoms with E-state index in [1.54, 1.807) is 0 Å². The van der Waals surface area contributed by atoms with Gasteiger partial charge in [0.15, 0.2) is 0 Å². The Bertz CT molecular complexity index is 649. The van der Waals surface area contributed by atoms with Crippen molar-refractivity contribution in [3.63, 3.8) is 0 Å². The minimum absolute atomic E-state index is 0.0140. The molecule has 2 amide bonds. The number of carbonyl (C=O) groups excluding carboxylic acids is 2. The van der Waals surface area contributed by atoms with Crippen LogP contribution in [0.2, 0.25) is 0 Å². The van der Waals surface area contributed by atoms with Crippen LogP contribution >= 0.6 is 0 Å². The van der Waals surface area contributed by atoms with Crippen molar-refractivity contribution in [2.24, 2.45) is 0 Å². The first-order valence-corrected chi connectivity index (χ1v) is 7.08. The smallest absolute Gasteiger partial charge is 0.339 e. The number of hydrogen-bond donors (Lipinski definition) is 0. The van der Waals surface area contributed by atoms with E-state index in [9.17, 15) is 22.8 Å². The minimum atomic E-state index is -4.59. The second kappa shape index (κ2) is 5.00. The normalized spacial score (nSPS) is 18.1. The zero-order valence-electron chi connectivity index (χ0n) is 12.0. The van der Waals surface area contributed by atoms with Gasteiger partial charge in [0.1, 0.15) is 0 Å². The third-order valence-electron chi connectivity index (χ3n) is 4.17. The van der Waals surface area contributed by atoms with Crippen molar-refractivity contribution in [3.8, 4) is 0 Å². The van der Waals surface area contributed by atoms with Crippen molar-refractivity contribution in [2.75, 3.05) is 20.1 Å². The standard InChI is InChI=1S/C15H15F3N2O2/c1-19-8-11-10(14(19)22)6-9(7-12(11)15(16,17)18)13(21)20-4-2-3-5-20/h6-7H,2-5,8H2,1H3.